The summed E-state index contributed by atoms with van der Waals surface area (Å²) in [4.78, 5) is 30.6. The van der Waals surface area contributed by atoms with Crippen LogP contribution >= 0.6 is 11.3 Å². The molecule has 0 unspecified atom stereocenters. The fraction of sp³-hybridized carbons (Fsp3) is 0.0938. The molecule has 41 heavy (non-hydrogen) atoms. The molecule has 200 valence electrons. The van der Waals surface area contributed by atoms with Crippen molar-refractivity contribution in [3.8, 4) is 33.0 Å². The second-order valence-corrected chi connectivity index (χ2v) is 11.0. The third-order valence-electron chi connectivity index (χ3n) is 7.07. The lowest BCUT2D eigenvalue weighted by Crippen LogP contribution is -2.12. The molecule has 0 saturated carbocycles. The van der Waals surface area contributed by atoms with E-state index >= 15 is 0 Å². The van der Waals surface area contributed by atoms with Crippen LogP contribution in [0, 0.1) is 0 Å². The quantitative estimate of drug-likeness (QED) is 0.178. The minimum absolute atomic E-state index is 0.0626. The number of carbonyl (C=O) groups excluding carboxylic acids is 1. The van der Waals surface area contributed by atoms with E-state index in [1.807, 2.05) is 61.3 Å². The molecule has 0 saturated heterocycles. The van der Waals surface area contributed by atoms with Crippen molar-refractivity contribution in [2.75, 3.05) is 0 Å². The number of H-pyrrole nitrogens is 2. The van der Waals surface area contributed by atoms with E-state index in [2.05, 4.69) is 65.8 Å². The maximum absolute atomic E-state index is 11.9. The number of nitrogens with zero attached hydrogens (tertiary/aromatic N) is 4. The van der Waals surface area contributed by atoms with Crippen molar-refractivity contribution >= 4 is 39.1 Å². The van der Waals surface area contributed by atoms with Crippen molar-refractivity contribution in [1.82, 2.24) is 35.5 Å². The standard InChI is InChI=1S/C32H25N7OS/c1-19(40)29-7-8-30(41-29)26-17-35-18-28-24(26)11-27(37-28)31-25-10-23(16-36-32(25)39-38-31)22-9-21(14-34-15-22)13-33-12-20-5-3-2-4-6-20/h2-11,14-18,33,37H,12-13H2,1H3,(H,36,38,39). The molecule has 0 aliphatic heterocycles. The highest BCUT2D eigenvalue weighted by Gasteiger charge is 2.16. The van der Waals surface area contributed by atoms with Crippen molar-refractivity contribution in [1.29, 1.82) is 0 Å². The van der Waals surface area contributed by atoms with Gasteiger partial charge in [0.15, 0.2) is 11.4 Å². The second-order valence-electron chi connectivity index (χ2n) is 9.92. The van der Waals surface area contributed by atoms with Crippen molar-refractivity contribution in [2.24, 2.45) is 0 Å². The van der Waals surface area contributed by atoms with Crippen molar-refractivity contribution < 1.29 is 4.79 Å². The summed E-state index contributed by atoms with van der Waals surface area (Å²) in [7, 11) is 0. The Labute approximate surface area is 239 Å². The van der Waals surface area contributed by atoms with E-state index in [1.165, 1.54) is 16.9 Å². The molecular formula is C32H25N7OS. The summed E-state index contributed by atoms with van der Waals surface area (Å²) in [5.74, 6) is 0.0626. The second kappa shape index (κ2) is 10.5. The van der Waals surface area contributed by atoms with Crippen LogP contribution in [0.1, 0.15) is 27.7 Å². The SMILES string of the molecule is CC(=O)c1ccc(-c2cncc3[nH]c(-c4[nH]nc5ncc(-c6cncc(CNCc7ccccc7)c6)cc45)cc23)s1. The average Bonchev–Trinajstić information content (AvgIpc) is 3.76. The Kier molecular flexibility index (Phi) is 6.42. The highest BCUT2D eigenvalue weighted by molar-refractivity contribution is 7.17. The number of ketones is 1. The van der Waals surface area contributed by atoms with E-state index in [-0.39, 0.29) is 5.78 Å². The van der Waals surface area contributed by atoms with E-state index in [0.717, 1.165) is 66.2 Å². The predicted octanol–water partition coefficient (Wildman–Crippen LogP) is 6.78. The van der Waals surface area contributed by atoms with Crippen LogP contribution < -0.4 is 5.32 Å². The summed E-state index contributed by atoms with van der Waals surface area (Å²) >= 11 is 1.48. The molecule has 6 aromatic heterocycles. The molecule has 0 amide bonds. The van der Waals surface area contributed by atoms with Gasteiger partial charge in [-0.3, -0.25) is 19.9 Å². The zero-order valence-corrected chi connectivity index (χ0v) is 23.0. The molecule has 7 aromatic rings. The van der Waals surface area contributed by atoms with Gasteiger partial charge < -0.3 is 10.3 Å². The minimum Gasteiger partial charge on any atom is -0.352 e. The minimum atomic E-state index is 0.0626. The number of nitrogens with one attached hydrogen (secondary N) is 3. The first-order valence-electron chi connectivity index (χ1n) is 13.2. The van der Waals surface area contributed by atoms with Gasteiger partial charge in [0.1, 0.15) is 0 Å². The number of rotatable bonds is 8. The highest BCUT2D eigenvalue weighted by atomic mass is 32.1. The van der Waals surface area contributed by atoms with Gasteiger partial charge in [-0.25, -0.2) is 4.98 Å². The number of aromatic amines is 2. The molecule has 7 rings (SSSR count). The summed E-state index contributed by atoms with van der Waals surface area (Å²) < 4.78 is 0. The number of carbonyl (C=O) groups is 1. The summed E-state index contributed by atoms with van der Waals surface area (Å²) in [6, 6.07) is 20.5. The van der Waals surface area contributed by atoms with Crippen LogP contribution in [0.4, 0.5) is 0 Å². The van der Waals surface area contributed by atoms with Crippen LogP contribution in [0.3, 0.4) is 0 Å². The zero-order valence-electron chi connectivity index (χ0n) is 22.2. The Morgan fingerprint density at radius 3 is 2.54 bits per heavy atom. The lowest BCUT2D eigenvalue weighted by Gasteiger charge is -2.07. The number of fused-ring (bicyclic) bond motifs is 2. The number of Topliss-reactive ketones (excluding diaryl/α,β-unsaturated/α-hetero) is 1. The van der Waals surface area contributed by atoms with E-state index in [0.29, 0.717) is 12.2 Å². The third-order valence-corrected chi connectivity index (χ3v) is 8.29. The van der Waals surface area contributed by atoms with Gasteiger partial charge in [0, 0.05) is 70.2 Å². The summed E-state index contributed by atoms with van der Waals surface area (Å²) in [6.45, 7) is 3.10. The van der Waals surface area contributed by atoms with Gasteiger partial charge in [-0.2, -0.15) is 5.10 Å². The van der Waals surface area contributed by atoms with E-state index in [4.69, 9.17) is 0 Å². The topological polar surface area (TPSA) is 112 Å². The molecule has 0 bridgehead atoms. The van der Waals surface area contributed by atoms with Crippen molar-refractivity contribution in [3.05, 3.63) is 108 Å². The largest absolute Gasteiger partial charge is 0.352 e. The molecule has 0 atom stereocenters. The molecule has 3 N–H and O–H groups in total. The number of benzene rings is 1. The molecule has 6 heterocycles. The van der Waals surface area contributed by atoms with Gasteiger partial charge >= 0.3 is 0 Å². The van der Waals surface area contributed by atoms with E-state index in [1.54, 1.807) is 6.92 Å². The Morgan fingerprint density at radius 1 is 0.854 bits per heavy atom. The monoisotopic (exact) mass is 555 g/mol. The van der Waals surface area contributed by atoms with Gasteiger partial charge in [-0.15, -0.1) is 11.3 Å². The fourth-order valence-electron chi connectivity index (χ4n) is 5.01. The fourth-order valence-corrected chi connectivity index (χ4v) is 5.93. The normalized spacial score (nSPS) is 11.4. The third kappa shape index (κ3) is 4.93. The lowest BCUT2D eigenvalue weighted by molar-refractivity contribution is 0.102. The molecule has 0 aliphatic rings. The Bertz CT molecular complexity index is 2020. The summed E-state index contributed by atoms with van der Waals surface area (Å²) in [6.07, 6.45) is 9.24. The first-order chi connectivity index (χ1) is 20.1. The van der Waals surface area contributed by atoms with Gasteiger partial charge in [0.2, 0.25) is 0 Å². The number of hydrogen-bond acceptors (Lipinski definition) is 7. The first-order valence-corrected chi connectivity index (χ1v) is 14.1. The molecule has 9 heteroatoms. The van der Waals surface area contributed by atoms with Crippen molar-refractivity contribution in [3.63, 3.8) is 0 Å². The molecule has 0 aliphatic carbocycles. The lowest BCUT2D eigenvalue weighted by atomic mass is 10.1. The Hall–Kier alpha value is -4.99. The van der Waals surface area contributed by atoms with Gasteiger partial charge in [-0.05, 0) is 48.4 Å². The van der Waals surface area contributed by atoms with Gasteiger partial charge in [0.25, 0.3) is 0 Å². The Morgan fingerprint density at radius 2 is 1.68 bits per heavy atom. The summed E-state index contributed by atoms with van der Waals surface area (Å²) in [5, 5.41) is 13.1. The number of hydrogen-bond donors (Lipinski definition) is 3. The van der Waals surface area contributed by atoms with Crippen LogP contribution in [-0.2, 0) is 13.1 Å². The zero-order chi connectivity index (χ0) is 27.8. The average molecular weight is 556 g/mol. The number of aromatic nitrogens is 6. The van der Waals surface area contributed by atoms with E-state index < -0.39 is 0 Å². The van der Waals surface area contributed by atoms with Crippen LogP contribution in [0.15, 0.2) is 91.6 Å². The number of thiophene rings is 1. The van der Waals surface area contributed by atoms with E-state index in [9.17, 15) is 4.79 Å². The molecule has 0 radical (unpaired) electrons. The van der Waals surface area contributed by atoms with Gasteiger partial charge in [0.05, 0.1) is 28.0 Å². The maximum atomic E-state index is 11.9. The predicted molar refractivity (Wildman–Crippen MR) is 163 cm³/mol. The Balaban J connectivity index is 1.19. The molecule has 8 nitrogen and oxygen atoms in total. The highest BCUT2D eigenvalue weighted by Crippen LogP contribution is 2.36. The number of pyridine rings is 3. The molecular weight excluding hydrogens is 530 g/mol. The van der Waals surface area contributed by atoms with Crippen LogP contribution in [0.2, 0.25) is 0 Å². The van der Waals surface area contributed by atoms with Crippen molar-refractivity contribution in [2.45, 2.75) is 20.0 Å². The summed E-state index contributed by atoms with van der Waals surface area (Å²) in [5.41, 5.74) is 8.56. The maximum Gasteiger partial charge on any atom is 0.181 e. The first kappa shape index (κ1) is 25.0. The molecule has 0 fully saturated rings. The molecule has 1 aromatic carbocycles. The van der Waals surface area contributed by atoms with Crippen LogP contribution in [0.5, 0.6) is 0 Å². The smallest absolute Gasteiger partial charge is 0.181 e. The van der Waals surface area contributed by atoms with Gasteiger partial charge in [-0.1, -0.05) is 30.3 Å². The van der Waals surface area contributed by atoms with Crippen LogP contribution in [-0.4, -0.2) is 35.9 Å². The van der Waals surface area contributed by atoms with Crippen LogP contribution in [0.25, 0.3) is 54.9 Å². The molecule has 0 spiro atoms.